The van der Waals surface area contributed by atoms with Gasteiger partial charge in [-0.15, -0.1) is 0 Å². The van der Waals surface area contributed by atoms with E-state index in [1.54, 1.807) is 18.6 Å². The van der Waals surface area contributed by atoms with Crippen LogP contribution in [-0.2, 0) is 12.6 Å². The lowest BCUT2D eigenvalue weighted by molar-refractivity contribution is -0.138. The number of aromatic nitrogens is 2. The molecule has 2 aromatic carbocycles. The predicted molar refractivity (Wildman–Crippen MR) is 115 cm³/mol. The van der Waals surface area contributed by atoms with Gasteiger partial charge in [0, 0.05) is 41.7 Å². The highest BCUT2D eigenvalue weighted by atomic mass is 19.4. The highest BCUT2D eigenvalue weighted by Gasteiger charge is 2.38. The Bertz CT molecular complexity index is 1330. The number of methoxy groups -OCH3 is 1. The van der Waals surface area contributed by atoms with Crippen molar-refractivity contribution in [3.05, 3.63) is 77.7 Å². The van der Waals surface area contributed by atoms with Gasteiger partial charge in [0.2, 0.25) is 0 Å². The summed E-state index contributed by atoms with van der Waals surface area (Å²) in [5.74, 6) is -0.578. The zero-order valence-corrected chi connectivity index (χ0v) is 17.0. The van der Waals surface area contributed by atoms with Crippen molar-refractivity contribution < 1.29 is 22.7 Å². The monoisotopic (exact) mass is 437 g/mol. The Kier molecular flexibility index (Phi) is 4.65. The van der Waals surface area contributed by atoms with Crippen LogP contribution >= 0.6 is 0 Å². The van der Waals surface area contributed by atoms with E-state index in [1.807, 2.05) is 30.3 Å². The van der Waals surface area contributed by atoms with Crippen molar-refractivity contribution in [2.45, 2.75) is 12.6 Å². The zero-order valence-electron chi connectivity index (χ0n) is 17.0. The molecule has 5 nitrogen and oxygen atoms in total. The van der Waals surface area contributed by atoms with E-state index in [-0.39, 0.29) is 17.3 Å². The van der Waals surface area contributed by atoms with Crippen molar-refractivity contribution in [1.29, 1.82) is 0 Å². The minimum absolute atomic E-state index is 0.235. The summed E-state index contributed by atoms with van der Waals surface area (Å²) in [7, 11) is 1.21. The zero-order chi connectivity index (χ0) is 22.5. The molecule has 0 saturated heterocycles. The van der Waals surface area contributed by atoms with Gasteiger partial charge in [-0.3, -0.25) is 9.78 Å². The molecule has 2 aromatic heterocycles. The molecule has 32 heavy (non-hydrogen) atoms. The number of nitrogens with zero attached hydrogens (tertiary/aromatic N) is 2. The Morgan fingerprint density at radius 2 is 1.88 bits per heavy atom. The number of ether oxygens (including phenoxy) is 1. The number of pyridine rings is 1. The number of benzene rings is 2. The first kappa shape index (κ1) is 20.1. The molecular formula is C24H18F3N3O2. The fourth-order valence-corrected chi connectivity index (χ4v) is 4.19. The summed E-state index contributed by atoms with van der Waals surface area (Å²) >= 11 is 0. The standard InChI is InChI=1S/C24H18F3N3O2/c1-32-22-11-16-6-9-30(21(16)12-19(22)24(25,26)27)23(31)18-13-29-20-10-15(2-3-17(18)20)14-4-7-28-8-5-14/h2-5,7-8,10-13,29H,6,9H2,1H3. The van der Waals surface area contributed by atoms with E-state index in [1.165, 1.54) is 18.1 Å². The van der Waals surface area contributed by atoms with E-state index < -0.39 is 11.7 Å². The normalized spacial score (nSPS) is 13.4. The average molecular weight is 437 g/mol. The molecule has 1 N–H and O–H groups in total. The lowest BCUT2D eigenvalue weighted by atomic mass is 10.0. The van der Waals surface area contributed by atoms with Gasteiger partial charge in [0.15, 0.2) is 0 Å². The highest BCUT2D eigenvalue weighted by Crippen LogP contribution is 2.42. The number of anilines is 1. The van der Waals surface area contributed by atoms with Crippen LogP contribution in [0.25, 0.3) is 22.0 Å². The number of fused-ring (bicyclic) bond motifs is 2. The Morgan fingerprint density at radius 1 is 1.09 bits per heavy atom. The number of carbonyl (C=O) groups is 1. The SMILES string of the molecule is COc1cc2c(cc1C(F)(F)F)N(C(=O)c1c[nH]c3cc(-c4ccncc4)ccc13)CC2. The summed E-state index contributed by atoms with van der Waals surface area (Å²) < 4.78 is 45.4. The Balaban J connectivity index is 1.52. The van der Waals surface area contributed by atoms with E-state index in [0.29, 0.717) is 29.5 Å². The minimum Gasteiger partial charge on any atom is -0.496 e. The number of H-pyrrole nitrogens is 1. The maximum Gasteiger partial charge on any atom is 0.420 e. The fraction of sp³-hybridized carbons (Fsp3) is 0.167. The molecule has 1 aliphatic heterocycles. The van der Waals surface area contributed by atoms with Crippen LogP contribution in [0.2, 0.25) is 0 Å². The maximum atomic E-state index is 13.5. The first-order valence-corrected chi connectivity index (χ1v) is 9.98. The molecule has 0 aliphatic carbocycles. The summed E-state index contributed by atoms with van der Waals surface area (Å²) in [4.78, 5) is 21.9. The molecule has 0 unspecified atom stereocenters. The predicted octanol–water partition coefficient (Wildman–Crippen LogP) is 5.46. The van der Waals surface area contributed by atoms with Crippen molar-refractivity contribution in [2.75, 3.05) is 18.6 Å². The third-order valence-electron chi connectivity index (χ3n) is 5.77. The molecule has 0 fully saturated rings. The van der Waals surface area contributed by atoms with Gasteiger partial charge < -0.3 is 14.6 Å². The second kappa shape index (κ2) is 7.40. The van der Waals surface area contributed by atoms with Gasteiger partial charge in [0.25, 0.3) is 5.91 Å². The van der Waals surface area contributed by atoms with Crippen molar-refractivity contribution >= 4 is 22.5 Å². The average Bonchev–Trinajstić information content (AvgIpc) is 3.41. The summed E-state index contributed by atoms with van der Waals surface area (Å²) in [5, 5.41) is 0.714. The van der Waals surface area contributed by atoms with Gasteiger partial charge in [-0.25, -0.2) is 0 Å². The molecule has 0 radical (unpaired) electrons. The van der Waals surface area contributed by atoms with Crippen LogP contribution in [0.15, 0.2) is 61.1 Å². The molecular weight excluding hydrogens is 419 g/mol. The van der Waals surface area contributed by atoms with Crippen LogP contribution in [0.5, 0.6) is 5.75 Å². The summed E-state index contributed by atoms with van der Waals surface area (Å²) in [6.45, 7) is 0.306. The highest BCUT2D eigenvalue weighted by molar-refractivity contribution is 6.15. The van der Waals surface area contributed by atoms with Gasteiger partial charge in [0.1, 0.15) is 5.75 Å². The lowest BCUT2D eigenvalue weighted by Gasteiger charge is -2.20. The van der Waals surface area contributed by atoms with Crippen molar-refractivity contribution in [1.82, 2.24) is 9.97 Å². The van der Waals surface area contributed by atoms with Crippen molar-refractivity contribution in [3.63, 3.8) is 0 Å². The number of hydrogen-bond donors (Lipinski definition) is 1. The van der Waals surface area contributed by atoms with Gasteiger partial charge in [-0.2, -0.15) is 13.2 Å². The molecule has 162 valence electrons. The molecule has 5 rings (SSSR count). The minimum atomic E-state index is -4.58. The van der Waals surface area contributed by atoms with Crippen LogP contribution in [-0.4, -0.2) is 29.5 Å². The second-order valence-electron chi connectivity index (χ2n) is 7.58. The van der Waals surface area contributed by atoms with Gasteiger partial charge in [-0.05, 0) is 53.4 Å². The Hall–Kier alpha value is -3.81. The number of halogens is 3. The molecule has 1 aliphatic rings. The topological polar surface area (TPSA) is 58.2 Å². The third-order valence-corrected chi connectivity index (χ3v) is 5.77. The number of amides is 1. The molecule has 0 bridgehead atoms. The molecule has 1 amide bonds. The van der Waals surface area contributed by atoms with Crippen LogP contribution in [0, 0.1) is 0 Å². The molecule has 8 heteroatoms. The smallest absolute Gasteiger partial charge is 0.420 e. The number of rotatable bonds is 3. The molecule has 0 saturated carbocycles. The quantitative estimate of drug-likeness (QED) is 0.463. The van der Waals surface area contributed by atoms with Crippen molar-refractivity contribution in [3.8, 4) is 16.9 Å². The van der Waals surface area contributed by atoms with Gasteiger partial charge in [0.05, 0.1) is 18.2 Å². The van der Waals surface area contributed by atoms with E-state index in [4.69, 9.17) is 4.74 Å². The number of alkyl halides is 3. The van der Waals surface area contributed by atoms with E-state index in [2.05, 4.69) is 9.97 Å². The van der Waals surface area contributed by atoms with Crippen LogP contribution in [0.4, 0.5) is 18.9 Å². The molecule has 3 heterocycles. The summed E-state index contributed by atoms with van der Waals surface area (Å²) in [5.41, 5.74) is 3.18. The fourth-order valence-electron chi connectivity index (χ4n) is 4.19. The number of carbonyl (C=O) groups excluding carboxylic acids is 1. The first-order valence-electron chi connectivity index (χ1n) is 9.98. The maximum absolute atomic E-state index is 13.5. The second-order valence-corrected chi connectivity index (χ2v) is 7.58. The Labute approximate surface area is 181 Å². The van der Waals surface area contributed by atoms with Crippen LogP contribution in [0.3, 0.4) is 0 Å². The first-order chi connectivity index (χ1) is 15.4. The van der Waals surface area contributed by atoms with Crippen molar-refractivity contribution in [2.24, 2.45) is 0 Å². The summed E-state index contributed by atoms with van der Waals surface area (Å²) in [6.07, 6.45) is 0.901. The van der Waals surface area contributed by atoms with E-state index in [9.17, 15) is 18.0 Å². The van der Waals surface area contributed by atoms with Crippen LogP contribution in [0.1, 0.15) is 21.5 Å². The molecule has 4 aromatic rings. The molecule has 0 spiro atoms. The lowest BCUT2D eigenvalue weighted by Crippen LogP contribution is -2.29. The summed E-state index contributed by atoms with van der Waals surface area (Å²) in [6, 6.07) is 11.9. The van der Waals surface area contributed by atoms with Crippen LogP contribution < -0.4 is 9.64 Å². The third kappa shape index (κ3) is 3.28. The Morgan fingerprint density at radius 3 is 2.59 bits per heavy atom. The molecule has 0 atom stereocenters. The number of hydrogen-bond acceptors (Lipinski definition) is 3. The van der Waals surface area contributed by atoms with Gasteiger partial charge in [-0.1, -0.05) is 12.1 Å². The van der Waals surface area contributed by atoms with E-state index >= 15 is 0 Å². The van der Waals surface area contributed by atoms with E-state index in [0.717, 1.165) is 22.7 Å². The largest absolute Gasteiger partial charge is 0.496 e. The number of aromatic amines is 1. The van der Waals surface area contributed by atoms with Gasteiger partial charge >= 0.3 is 6.18 Å². The number of nitrogens with one attached hydrogen (secondary N) is 1.